The highest BCUT2D eigenvalue weighted by molar-refractivity contribution is 7.89. The van der Waals surface area contributed by atoms with Gasteiger partial charge in [-0.3, -0.25) is 9.59 Å². The maximum atomic E-state index is 13.2. The Morgan fingerprint density at radius 3 is 2.55 bits per heavy atom. The van der Waals surface area contributed by atoms with Gasteiger partial charge in [0.15, 0.2) is 0 Å². The second-order valence-electron chi connectivity index (χ2n) is 10.5. The van der Waals surface area contributed by atoms with Crippen molar-refractivity contribution >= 4 is 21.8 Å². The molecular formula is C30H38N4O5S. The zero-order valence-corrected chi connectivity index (χ0v) is 23.6. The van der Waals surface area contributed by atoms with Crippen molar-refractivity contribution in [3.8, 4) is 6.07 Å². The number of carbonyl (C=O) groups is 2. The minimum Gasteiger partial charge on any atom is -0.374 e. The summed E-state index contributed by atoms with van der Waals surface area (Å²) in [6, 6.07) is 17.1. The van der Waals surface area contributed by atoms with Crippen molar-refractivity contribution in [2.75, 3.05) is 26.2 Å². The van der Waals surface area contributed by atoms with E-state index in [0.29, 0.717) is 25.2 Å². The van der Waals surface area contributed by atoms with Crippen molar-refractivity contribution in [1.82, 2.24) is 14.9 Å². The van der Waals surface area contributed by atoms with E-state index in [9.17, 15) is 23.3 Å². The standard InChI is InChI=1S/C30H38N4O5S/c31-20-25-12-6-7-13-28(25)40(37,38)34-18-19-39-26(22-34)21-32-30(36)27(16-14-23-8-2-1-3-9-23)33-29(35)17-15-24-10-4-5-11-24/h1-3,6-9,12-13,24,26-27H,4-5,10-11,14-19,21-22H2,(H,32,36)(H,33,35). The van der Waals surface area contributed by atoms with Crippen molar-refractivity contribution in [3.63, 3.8) is 0 Å². The lowest BCUT2D eigenvalue weighted by molar-refractivity contribution is -0.129. The van der Waals surface area contributed by atoms with Crippen LogP contribution in [0.25, 0.3) is 0 Å². The first-order chi connectivity index (χ1) is 19.4. The molecule has 2 fully saturated rings. The van der Waals surface area contributed by atoms with E-state index in [0.717, 1.165) is 12.0 Å². The first kappa shape index (κ1) is 29.7. The van der Waals surface area contributed by atoms with Crippen LogP contribution in [0.2, 0.25) is 0 Å². The van der Waals surface area contributed by atoms with Crippen molar-refractivity contribution < 1.29 is 22.7 Å². The number of aryl methyl sites for hydroxylation is 1. The van der Waals surface area contributed by atoms with Crippen molar-refractivity contribution in [3.05, 3.63) is 65.7 Å². The number of nitriles is 1. The molecule has 0 spiro atoms. The van der Waals surface area contributed by atoms with Crippen molar-refractivity contribution in [2.45, 2.75) is 68.4 Å². The van der Waals surface area contributed by atoms with Gasteiger partial charge >= 0.3 is 0 Å². The maximum Gasteiger partial charge on any atom is 0.244 e. The molecule has 1 saturated heterocycles. The Bertz CT molecular complexity index is 1290. The molecule has 2 atom stereocenters. The number of benzene rings is 2. The lowest BCUT2D eigenvalue weighted by atomic mass is 10.0. The lowest BCUT2D eigenvalue weighted by Crippen LogP contribution is -2.52. The predicted molar refractivity (Wildman–Crippen MR) is 151 cm³/mol. The molecule has 2 N–H and O–H groups in total. The van der Waals surface area contributed by atoms with Crippen LogP contribution in [0.4, 0.5) is 0 Å². The molecule has 2 aromatic rings. The van der Waals surface area contributed by atoms with E-state index in [-0.39, 0.29) is 48.5 Å². The summed E-state index contributed by atoms with van der Waals surface area (Å²) in [5, 5.41) is 15.2. The summed E-state index contributed by atoms with van der Waals surface area (Å²) in [5.74, 6) is 0.149. The Hall–Kier alpha value is -3.26. The van der Waals surface area contributed by atoms with Gasteiger partial charge in [-0.2, -0.15) is 9.57 Å². The molecule has 1 heterocycles. The normalized spacial score (nSPS) is 19.0. The van der Waals surface area contributed by atoms with Crippen molar-refractivity contribution in [2.24, 2.45) is 5.92 Å². The SMILES string of the molecule is N#Cc1ccccc1S(=O)(=O)N1CCOC(CNC(=O)C(CCc2ccccc2)NC(=O)CCC2CCCC2)C1. The Balaban J connectivity index is 1.35. The molecule has 0 aromatic heterocycles. The van der Waals surface area contributed by atoms with E-state index >= 15 is 0 Å². The molecule has 4 rings (SSSR count). The minimum atomic E-state index is -3.90. The van der Waals surface area contributed by atoms with Crippen LogP contribution in [0, 0.1) is 17.2 Å². The molecule has 2 aliphatic rings. The second-order valence-corrected chi connectivity index (χ2v) is 12.4. The molecule has 0 radical (unpaired) electrons. The summed E-state index contributed by atoms with van der Waals surface area (Å²) in [6.45, 7) is 0.475. The summed E-state index contributed by atoms with van der Waals surface area (Å²) in [4.78, 5) is 26.0. The van der Waals surface area contributed by atoms with Gasteiger partial charge in [0.1, 0.15) is 12.1 Å². The number of morpholine rings is 1. The van der Waals surface area contributed by atoms with Crippen LogP contribution in [0.1, 0.15) is 56.1 Å². The topological polar surface area (TPSA) is 129 Å². The van der Waals surface area contributed by atoms with E-state index in [1.807, 2.05) is 36.4 Å². The van der Waals surface area contributed by atoms with Crippen molar-refractivity contribution in [1.29, 1.82) is 5.26 Å². The number of amides is 2. The van der Waals surface area contributed by atoms with E-state index in [2.05, 4.69) is 10.6 Å². The first-order valence-corrected chi connectivity index (χ1v) is 15.5. The third kappa shape index (κ3) is 8.13. The quantitative estimate of drug-likeness (QED) is 0.406. The predicted octanol–water partition coefficient (Wildman–Crippen LogP) is 3.15. The average Bonchev–Trinajstić information content (AvgIpc) is 3.51. The van der Waals surface area contributed by atoms with Gasteiger partial charge in [0.2, 0.25) is 21.8 Å². The highest BCUT2D eigenvalue weighted by Gasteiger charge is 2.33. The molecule has 1 saturated carbocycles. The first-order valence-electron chi connectivity index (χ1n) is 14.1. The zero-order chi connectivity index (χ0) is 28.4. The molecule has 214 valence electrons. The largest absolute Gasteiger partial charge is 0.374 e. The Kier molecular flexibility index (Phi) is 10.7. The van der Waals surface area contributed by atoms with Gasteiger partial charge in [-0.25, -0.2) is 8.42 Å². The van der Waals surface area contributed by atoms with Crippen LogP contribution in [0.3, 0.4) is 0 Å². The van der Waals surface area contributed by atoms with E-state index < -0.39 is 22.2 Å². The Morgan fingerprint density at radius 1 is 1.07 bits per heavy atom. The van der Waals surface area contributed by atoms with Crippen LogP contribution in [0.5, 0.6) is 0 Å². The molecular weight excluding hydrogens is 528 g/mol. The third-order valence-corrected chi connectivity index (χ3v) is 9.62. The molecule has 1 aliphatic carbocycles. The van der Waals surface area contributed by atoms with Crippen LogP contribution < -0.4 is 10.6 Å². The van der Waals surface area contributed by atoms with Crippen LogP contribution >= 0.6 is 0 Å². The number of hydrogen-bond donors (Lipinski definition) is 2. The number of carbonyl (C=O) groups excluding carboxylic acids is 2. The summed E-state index contributed by atoms with van der Waals surface area (Å²) < 4.78 is 33.5. The van der Waals surface area contributed by atoms with E-state index in [1.54, 1.807) is 12.1 Å². The summed E-state index contributed by atoms with van der Waals surface area (Å²) in [7, 11) is -3.90. The number of sulfonamides is 1. The zero-order valence-electron chi connectivity index (χ0n) is 22.8. The Labute approximate surface area is 236 Å². The van der Waals surface area contributed by atoms with E-state index in [4.69, 9.17) is 4.74 Å². The molecule has 9 nitrogen and oxygen atoms in total. The molecule has 10 heteroatoms. The van der Waals surface area contributed by atoms with Gasteiger partial charge < -0.3 is 15.4 Å². The fraction of sp³-hybridized carbons (Fsp3) is 0.500. The van der Waals surface area contributed by atoms with Gasteiger partial charge in [0.25, 0.3) is 0 Å². The lowest BCUT2D eigenvalue weighted by Gasteiger charge is -2.32. The fourth-order valence-electron chi connectivity index (χ4n) is 5.42. The molecule has 0 bridgehead atoms. The number of hydrogen-bond acceptors (Lipinski definition) is 6. The number of nitrogens with zero attached hydrogens (tertiary/aromatic N) is 2. The molecule has 2 unspecified atom stereocenters. The molecule has 1 aliphatic heterocycles. The number of nitrogens with one attached hydrogen (secondary N) is 2. The summed E-state index contributed by atoms with van der Waals surface area (Å²) >= 11 is 0. The Morgan fingerprint density at radius 2 is 1.80 bits per heavy atom. The van der Waals surface area contributed by atoms with Gasteiger partial charge in [0.05, 0.1) is 23.2 Å². The summed E-state index contributed by atoms with van der Waals surface area (Å²) in [5.41, 5.74) is 1.17. The monoisotopic (exact) mass is 566 g/mol. The average molecular weight is 567 g/mol. The highest BCUT2D eigenvalue weighted by atomic mass is 32.2. The molecule has 2 amide bonds. The van der Waals surface area contributed by atoms with E-state index in [1.165, 1.54) is 42.1 Å². The van der Waals surface area contributed by atoms with Gasteiger partial charge in [-0.1, -0.05) is 68.1 Å². The number of rotatable bonds is 12. The minimum absolute atomic E-state index is 0.0384. The van der Waals surface area contributed by atoms with Gasteiger partial charge in [-0.05, 0) is 42.9 Å². The molecule has 40 heavy (non-hydrogen) atoms. The van der Waals surface area contributed by atoms with Crippen LogP contribution in [-0.2, 0) is 30.8 Å². The van der Waals surface area contributed by atoms with Crippen LogP contribution in [0.15, 0.2) is 59.5 Å². The second kappa shape index (κ2) is 14.4. The highest BCUT2D eigenvalue weighted by Crippen LogP contribution is 2.28. The maximum absolute atomic E-state index is 13.2. The smallest absolute Gasteiger partial charge is 0.244 e. The fourth-order valence-corrected chi connectivity index (χ4v) is 7.02. The van der Waals surface area contributed by atoms with Gasteiger partial charge in [0, 0.05) is 26.1 Å². The number of ether oxygens (including phenoxy) is 1. The van der Waals surface area contributed by atoms with Gasteiger partial charge in [-0.15, -0.1) is 0 Å². The third-order valence-electron chi connectivity index (χ3n) is 7.70. The van der Waals surface area contributed by atoms with Crippen LogP contribution in [-0.4, -0.2) is 62.9 Å². The summed E-state index contributed by atoms with van der Waals surface area (Å²) in [6.07, 6.45) is 6.55. The molecule has 2 aromatic carbocycles.